The van der Waals surface area contributed by atoms with E-state index in [1.165, 1.54) is 17.3 Å². The summed E-state index contributed by atoms with van der Waals surface area (Å²) in [6.45, 7) is 8.20. The molecule has 0 saturated carbocycles. The average molecular weight is 499 g/mol. The number of carbonyl (C=O) groups is 1. The molecule has 2 aromatic carbocycles. The fourth-order valence-corrected chi connectivity index (χ4v) is 4.12. The molecule has 0 aliphatic carbocycles. The van der Waals surface area contributed by atoms with E-state index >= 15 is 0 Å². The number of ether oxygens (including phenoxy) is 3. The lowest BCUT2D eigenvalue weighted by Gasteiger charge is -2.13. The van der Waals surface area contributed by atoms with Gasteiger partial charge in [-0.05, 0) is 42.2 Å². The molecule has 3 rings (SSSR count). The van der Waals surface area contributed by atoms with Gasteiger partial charge in [0, 0.05) is 6.54 Å². The van der Waals surface area contributed by atoms with Crippen molar-refractivity contribution in [1.29, 1.82) is 0 Å². The molecule has 0 aliphatic heterocycles. The molecule has 1 N–H and O–H groups in total. The minimum Gasteiger partial charge on any atom is -0.493 e. The van der Waals surface area contributed by atoms with Crippen LogP contribution in [0.5, 0.6) is 17.2 Å². The van der Waals surface area contributed by atoms with E-state index in [1.54, 1.807) is 7.11 Å². The number of thioether (sulfide) groups is 1. The summed E-state index contributed by atoms with van der Waals surface area (Å²) in [5, 5.41) is 12.2. The second-order valence-electron chi connectivity index (χ2n) is 8.33. The summed E-state index contributed by atoms with van der Waals surface area (Å²) in [5.41, 5.74) is 1.27. The van der Waals surface area contributed by atoms with E-state index in [4.69, 9.17) is 14.2 Å². The van der Waals surface area contributed by atoms with Crippen molar-refractivity contribution >= 4 is 17.7 Å². The van der Waals surface area contributed by atoms with E-state index in [1.807, 2.05) is 41.0 Å². The van der Waals surface area contributed by atoms with E-state index in [-0.39, 0.29) is 11.7 Å². The molecular weight excluding hydrogens is 464 g/mol. The molecule has 8 nitrogen and oxygen atoms in total. The van der Waals surface area contributed by atoms with Gasteiger partial charge in [-0.2, -0.15) is 0 Å². The molecule has 0 bridgehead atoms. The molecule has 0 unspecified atom stereocenters. The molecule has 1 amide bonds. The fraction of sp³-hybridized carbons (Fsp3) is 0.423. The Balaban J connectivity index is 1.49. The van der Waals surface area contributed by atoms with Crippen molar-refractivity contribution in [2.75, 3.05) is 26.0 Å². The fourth-order valence-electron chi connectivity index (χ4n) is 3.32. The van der Waals surface area contributed by atoms with Gasteiger partial charge in [-0.15, -0.1) is 10.2 Å². The highest BCUT2D eigenvalue weighted by Crippen LogP contribution is 2.25. The van der Waals surface area contributed by atoms with E-state index in [2.05, 4.69) is 48.4 Å². The highest BCUT2D eigenvalue weighted by atomic mass is 32.2. The number of para-hydroxylation sites is 2. The lowest BCUT2D eigenvalue weighted by atomic mass is 10.2. The number of hydrogen-bond acceptors (Lipinski definition) is 7. The van der Waals surface area contributed by atoms with Crippen molar-refractivity contribution in [3.63, 3.8) is 0 Å². The topological polar surface area (TPSA) is 87.5 Å². The smallest absolute Gasteiger partial charge is 0.230 e. The first-order valence-corrected chi connectivity index (χ1v) is 12.8. The molecule has 1 aromatic heterocycles. The monoisotopic (exact) mass is 498 g/mol. The second-order valence-corrected chi connectivity index (χ2v) is 9.27. The van der Waals surface area contributed by atoms with Crippen LogP contribution in [-0.2, 0) is 24.4 Å². The minimum absolute atomic E-state index is 0.0912. The summed E-state index contributed by atoms with van der Waals surface area (Å²) in [6, 6.07) is 15.5. The van der Waals surface area contributed by atoms with Crippen LogP contribution in [0.15, 0.2) is 53.7 Å². The number of nitrogens with one attached hydrogen (secondary N) is 1. The van der Waals surface area contributed by atoms with E-state index in [9.17, 15) is 4.79 Å². The van der Waals surface area contributed by atoms with Crippen molar-refractivity contribution in [3.05, 3.63) is 59.9 Å². The van der Waals surface area contributed by atoms with Crippen molar-refractivity contribution in [3.8, 4) is 17.2 Å². The lowest BCUT2D eigenvalue weighted by molar-refractivity contribution is -0.118. The zero-order valence-electron chi connectivity index (χ0n) is 20.8. The highest BCUT2D eigenvalue weighted by Gasteiger charge is 2.16. The van der Waals surface area contributed by atoms with Gasteiger partial charge in [-0.1, -0.05) is 56.8 Å². The Kier molecular flexibility index (Phi) is 10.3. The quantitative estimate of drug-likeness (QED) is 0.261. The van der Waals surface area contributed by atoms with Crippen LogP contribution in [0, 0.1) is 5.92 Å². The van der Waals surface area contributed by atoms with Gasteiger partial charge in [0.2, 0.25) is 5.91 Å². The first-order valence-electron chi connectivity index (χ1n) is 11.8. The minimum atomic E-state index is -0.0912. The lowest BCUT2D eigenvalue weighted by Crippen LogP contribution is -2.29. The Bertz CT molecular complexity index is 1070. The summed E-state index contributed by atoms with van der Waals surface area (Å²) in [6.07, 6.45) is 0.992. The Morgan fingerprint density at radius 2 is 1.80 bits per heavy atom. The third kappa shape index (κ3) is 8.20. The van der Waals surface area contributed by atoms with E-state index in [0.717, 1.165) is 24.5 Å². The third-order valence-corrected chi connectivity index (χ3v) is 6.09. The summed E-state index contributed by atoms with van der Waals surface area (Å²) in [5.74, 6) is 3.40. The maximum Gasteiger partial charge on any atom is 0.230 e. The van der Waals surface area contributed by atoms with Crippen LogP contribution in [0.1, 0.15) is 32.2 Å². The van der Waals surface area contributed by atoms with Crippen molar-refractivity contribution in [1.82, 2.24) is 20.1 Å². The van der Waals surface area contributed by atoms with Crippen LogP contribution >= 0.6 is 11.8 Å². The Hall–Kier alpha value is -3.20. The molecule has 0 spiro atoms. The van der Waals surface area contributed by atoms with Crippen LogP contribution in [-0.4, -0.2) is 46.7 Å². The number of carbonyl (C=O) groups excluding carboxylic acids is 1. The summed E-state index contributed by atoms with van der Waals surface area (Å²) in [4.78, 5) is 12.4. The van der Waals surface area contributed by atoms with Gasteiger partial charge in [-0.3, -0.25) is 4.79 Å². The molecule has 3 aromatic rings. The number of benzene rings is 2. The first-order chi connectivity index (χ1) is 17.0. The number of rotatable bonds is 14. The normalized spacial score (nSPS) is 10.9. The Labute approximate surface area is 211 Å². The molecule has 0 radical (unpaired) electrons. The van der Waals surface area contributed by atoms with Crippen LogP contribution in [0.3, 0.4) is 0 Å². The second kappa shape index (κ2) is 13.6. The van der Waals surface area contributed by atoms with Crippen molar-refractivity contribution < 1.29 is 19.0 Å². The predicted molar refractivity (Wildman–Crippen MR) is 137 cm³/mol. The molecule has 0 aliphatic rings. The maximum absolute atomic E-state index is 12.4. The number of hydrogen-bond donors (Lipinski definition) is 1. The van der Waals surface area contributed by atoms with Crippen LogP contribution < -0.4 is 19.5 Å². The molecule has 1 heterocycles. The van der Waals surface area contributed by atoms with Gasteiger partial charge >= 0.3 is 0 Å². The summed E-state index contributed by atoms with van der Waals surface area (Å²) < 4.78 is 18.9. The van der Waals surface area contributed by atoms with Gasteiger partial charge in [0.15, 0.2) is 22.5 Å². The van der Waals surface area contributed by atoms with Gasteiger partial charge in [0.25, 0.3) is 0 Å². The number of amides is 1. The molecule has 9 heteroatoms. The number of aromatic nitrogens is 3. The Morgan fingerprint density at radius 3 is 2.49 bits per heavy atom. The van der Waals surface area contributed by atoms with E-state index < -0.39 is 0 Å². The SMILES string of the molecule is CCc1ccc(OCc2nnc(SCC(=O)NCCOc3ccccc3OC)n2CC(C)C)cc1. The number of nitrogens with zero attached hydrogens (tertiary/aromatic N) is 3. The van der Waals surface area contributed by atoms with E-state index in [0.29, 0.717) is 42.3 Å². The van der Waals surface area contributed by atoms with Crippen LogP contribution in [0.2, 0.25) is 0 Å². The van der Waals surface area contributed by atoms with Gasteiger partial charge in [0.05, 0.1) is 19.4 Å². The molecule has 188 valence electrons. The summed E-state index contributed by atoms with van der Waals surface area (Å²) >= 11 is 1.37. The molecule has 0 saturated heterocycles. The zero-order chi connectivity index (χ0) is 25.0. The molecular formula is C26H34N4O4S. The molecule has 35 heavy (non-hydrogen) atoms. The summed E-state index contributed by atoms with van der Waals surface area (Å²) in [7, 11) is 1.60. The standard InChI is InChI=1S/C26H34N4O4S/c1-5-20-10-12-21(13-11-20)34-17-24-28-29-26(30(24)16-19(2)3)35-18-25(31)27-14-15-33-23-9-7-6-8-22(23)32-4/h6-13,19H,5,14-18H2,1-4H3,(H,27,31). The number of methoxy groups -OCH3 is 1. The van der Waals surface area contributed by atoms with Crippen molar-refractivity contribution in [2.24, 2.45) is 5.92 Å². The van der Waals surface area contributed by atoms with Gasteiger partial charge < -0.3 is 24.1 Å². The predicted octanol–water partition coefficient (Wildman–Crippen LogP) is 4.37. The van der Waals surface area contributed by atoms with Crippen molar-refractivity contribution in [2.45, 2.75) is 45.5 Å². The highest BCUT2D eigenvalue weighted by molar-refractivity contribution is 7.99. The maximum atomic E-state index is 12.4. The largest absolute Gasteiger partial charge is 0.493 e. The molecule has 0 atom stereocenters. The first kappa shape index (κ1) is 26.4. The van der Waals surface area contributed by atoms with Crippen LogP contribution in [0.4, 0.5) is 0 Å². The van der Waals surface area contributed by atoms with Gasteiger partial charge in [0.1, 0.15) is 19.0 Å². The van der Waals surface area contributed by atoms with Gasteiger partial charge in [-0.25, -0.2) is 0 Å². The zero-order valence-corrected chi connectivity index (χ0v) is 21.6. The Morgan fingerprint density at radius 1 is 1.06 bits per heavy atom. The molecule has 0 fully saturated rings. The number of aryl methyl sites for hydroxylation is 1. The van der Waals surface area contributed by atoms with Crippen LogP contribution in [0.25, 0.3) is 0 Å². The average Bonchev–Trinajstić information content (AvgIpc) is 3.25. The third-order valence-electron chi connectivity index (χ3n) is 5.12.